The minimum atomic E-state index is -1.48. The lowest BCUT2D eigenvalue weighted by molar-refractivity contribution is -0.151. The van der Waals surface area contributed by atoms with Gasteiger partial charge >= 0.3 is 11.9 Å². The van der Waals surface area contributed by atoms with Crippen LogP contribution in [0.4, 0.5) is 0 Å². The van der Waals surface area contributed by atoms with E-state index in [4.69, 9.17) is 14.6 Å². The molecule has 0 aromatic heterocycles. The molecule has 0 saturated heterocycles. The van der Waals surface area contributed by atoms with Gasteiger partial charge in [0.25, 0.3) is 0 Å². The van der Waals surface area contributed by atoms with Crippen molar-refractivity contribution in [2.24, 2.45) is 11.8 Å². The molecular weight excluding hydrogens is 376 g/mol. The third-order valence-corrected chi connectivity index (χ3v) is 5.04. The van der Waals surface area contributed by atoms with Crippen molar-refractivity contribution < 1.29 is 34.4 Å². The number of carbonyl (C=O) groups excluding carboxylic acids is 2. The molecule has 0 bridgehead atoms. The number of ether oxygens (including phenoxy) is 2. The van der Waals surface area contributed by atoms with Gasteiger partial charge in [0, 0.05) is 0 Å². The molecule has 7 nitrogen and oxygen atoms in total. The van der Waals surface area contributed by atoms with Gasteiger partial charge in [-0.25, -0.2) is 4.79 Å². The van der Waals surface area contributed by atoms with Crippen LogP contribution in [-0.4, -0.2) is 46.1 Å². The summed E-state index contributed by atoms with van der Waals surface area (Å²) in [5, 5.41) is 28.3. The molecule has 7 heteroatoms. The predicted octanol–water partition coefficient (Wildman–Crippen LogP) is 3.55. The Morgan fingerprint density at radius 2 is 1.86 bits per heavy atom. The van der Waals surface area contributed by atoms with E-state index < -0.39 is 42.3 Å². The number of esters is 2. The number of aliphatic hydroxyl groups excluding tert-OH is 3. The SMILES string of the molecule is CC(=CCC(=O)OC1=C(O)C(=O)O[C@@H]1[C@@H](O)CO)CCCC(C)CCCC(C)C. The fraction of sp³-hybridized carbons (Fsp3) is 0.727. The first kappa shape index (κ1) is 25.2. The van der Waals surface area contributed by atoms with Gasteiger partial charge < -0.3 is 24.8 Å². The van der Waals surface area contributed by atoms with Crippen LogP contribution in [0.3, 0.4) is 0 Å². The monoisotopic (exact) mass is 412 g/mol. The quantitative estimate of drug-likeness (QED) is 0.313. The zero-order chi connectivity index (χ0) is 22.0. The number of rotatable bonds is 13. The van der Waals surface area contributed by atoms with Crippen molar-refractivity contribution in [1.82, 2.24) is 0 Å². The fourth-order valence-electron chi connectivity index (χ4n) is 3.19. The molecule has 1 aliphatic rings. The molecule has 0 saturated carbocycles. The topological polar surface area (TPSA) is 113 Å². The lowest BCUT2D eigenvalue weighted by Gasteiger charge is -2.17. The van der Waals surface area contributed by atoms with Gasteiger partial charge in [0.2, 0.25) is 11.5 Å². The van der Waals surface area contributed by atoms with Crippen molar-refractivity contribution in [3.05, 3.63) is 23.2 Å². The number of hydrogen-bond acceptors (Lipinski definition) is 7. The molecule has 0 aromatic rings. The van der Waals surface area contributed by atoms with Crippen LogP contribution in [0.15, 0.2) is 23.2 Å². The first-order chi connectivity index (χ1) is 13.6. The summed E-state index contributed by atoms with van der Waals surface area (Å²) in [5.74, 6) is -1.65. The van der Waals surface area contributed by atoms with E-state index in [0.717, 1.165) is 30.8 Å². The van der Waals surface area contributed by atoms with E-state index in [9.17, 15) is 19.8 Å². The van der Waals surface area contributed by atoms with E-state index in [-0.39, 0.29) is 6.42 Å². The number of allylic oxidation sites excluding steroid dienone is 1. The summed E-state index contributed by atoms with van der Waals surface area (Å²) >= 11 is 0. The Morgan fingerprint density at radius 1 is 1.21 bits per heavy atom. The van der Waals surface area contributed by atoms with Gasteiger partial charge in [0.05, 0.1) is 13.0 Å². The highest BCUT2D eigenvalue weighted by Crippen LogP contribution is 2.25. The zero-order valence-electron chi connectivity index (χ0n) is 18.0. The van der Waals surface area contributed by atoms with Crippen molar-refractivity contribution in [2.75, 3.05) is 6.61 Å². The maximum absolute atomic E-state index is 12.0. The van der Waals surface area contributed by atoms with Gasteiger partial charge in [0.1, 0.15) is 6.10 Å². The van der Waals surface area contributed by atoms with Crippen LogP contribution < -0.4 is 0 Å². The van der Waals surface area contributed by atoms with Gasteiger partial charge in [-0.3, -0.25) is 4.79 Å². The number of aliphatic hydroxyl groups is 3. The molecule has 0 spiro atoms. The Morgan fingerprint density at radius 3 is 2.48 bits per heavy atom. The van der Waals surface area contributed by atoms with Crippen molar-refractivity contribution in [2.45, 2.75) is 84.8 Å². The molecule has 3 N–H and O–H groups in total. The average Bonchev–Trinajstić information content (AvgIpc) is 2.93. The third-order valence-electron chi connectivity index (χ3n) is 5.04. The first-order valence-electron chi connectivity index (χ1n) is 10.4. The molecule has 29 heavy (non-hydrogen) atoms. The Bertz CT molecular complexity index is 606. The second-order valence-electron chi connectivity index (χ2n) is 8.34. The molecular formula is C22H36O7. The van der Waals surface area contributed by atoms with Crippen molar-refractivity contribution in [3.8, 4) is 0 Å². The highest BCUT2D eigenvalue weighted by Gasteiger charge is 2.41. The largest absolute Gasteiger partial charge is 0.499 e. The fourth-order valence-corrected chi connectivity index (χ4v) is 3.19. The highest BCUT2D eigenvalue weighted by molar-refractivity contribution is 5.90. The third kappa shape index (κ3) is 9.00. The van der Waals surface area contributed by atoms with E-state index in [0.29, 0.717) is 5.92 Å². The van der Waals surface area contributed by atoms with Crippen molar-refractivity contribution >= 4 is 11.9 Å². The van der Waals surface area contributed by atoms with Crippen LogP contribution in [-0.2, 0) is 19.1 Å². The van der Waals surface area contributed by atoms with Crippen LogP contribution in [0, 0.1) is 11.8 Å². The average molecular weight is 413 g/mol. The van der Waals surface area contributed by atoms with E-state index in [1.165, 1.54) is 19.3 Å². The van der Waals surface area contributed by atoms with Crippen LogP contribution in [0.25, 0.3) is 0 Å². The normalized spacial score (nSPS) is 19.5. The summed E-state index contributed by atoms with van der Waals surface area (Å²) in [6, 6.07) is 0. The van der Waals surface area contributed by atoms with Gasteiger partial charge in [-0.05, 0) is 31.6 Å². The molecule has 0 fully saturated rings. The maximum Gasteiger partial charge on any atom is 0.378 e. The number of cyclic esters (lactones) is 1. The second kappa shape index (κ2) is 12.6. The van der Waals surface area contributed by atoms with Crippen LogP contribution >= 0.6 is 0 Å². The minimum Gasteiger partial charge on any atom is -0.499 e. The Labute approximate surface area is 173 Å². The van der Waals surface area contributed by atoms with Crippen molar-refractivity contribution in [1.29, 1.82) is 0 Å². The summed E-state index contributed by atoms with van der Waals surface area (Å²) in [6.45, 7) is 8.01. The van der Waals surface area contributed by atoms with Gasteiger partial charge in [0.15, 0.2) is 6.10 Å². The standard InChI is InChI=1S/C22H36O7/c1-14(2)7-5-8-15(3)9-6-10-16(4)11-12-18(25)28-21-19(26)22(27)29-20(21)17(24)13-23/h11,14-15,17,20,23-24,26H,5-10,12-13H2,1-4H3/t15?,17-,20+/m0/s1. The van der Waals surface area contributed by atoms with E-state index >= 15 is 0 Å². The zero-order valence-corrected chi connectivity index (χ0v) is 18.0. The maximum atomic E-state index is 12.0. The molecule has 1 aliphatic heterocycles. The van der Waals surface area contributed by atoms with Gasteiger partial charge in [-0.2, -0.15) is 0 Å². The smallest absolute Gasteiger partial charge is 0.378 e. The lowest BCUT2D eigenvalue weighted by atomic mass is 9.94. The number of carbonyl (C=O) groups is 2. The molecule has 166 valence electrons. The molecule has 1 heterocycles. The summed E-state index contributed by atoms with van der Waals surface area (Å²) in [7, 11) is 0. The molecule has 0 amide bonds. The van der Waals surface area contributed by atoms with E-state index in [2.05, 4.69) is 20.8 Å². The molecule has 0 aromatic carbocycles. The minimum absolute atomic E-state index is 0.0251. The molecule has 1 unspecified atom stereocenters. The van der Waals surface area contributed by atoms with Gasteiger partial charge in [-0.1, -0.05) is 58.1 Å². The van der Waals surface area contributed by atoms with E-state index in [1.54, 1.807) is 6.08 Å². The van der Waals surface area contributed by atoms with Crippen LogP contribution in [0.1, 0.15) is 72.6 Å². The molecule has 0 radical (unpaired) electrons. The van der Waals surface area contributed by atoms with Gasteiger partial charge in [-0.15, -0.1) is 0 Å². The Kier molecular flexibility index (Phi) is 11.0. The van der Waals surface area contributed by atoms with E-state index in [1.807, 2.05) is 6.92 Å². The summed E-state index contributed by atoms with van der Waals surface area (Å²) in [6.07, 6.45) is 5.74. The number of hydrogen-bond donors (Lipinski definition) is 3. The molecule has 0 aliphatic carbocycles. The van der Waals surface area contributed by atoms with Crippen LogP contribution in [0.5, 0.6) is 0 Å². The molecule has 3 atom stereocenters. The molecule has 1 rings (SSSR count). The second-order valence-corrected chi connectivity index (χ2v) is 8.34. The van der Waals surface area contributed by atoms with Crippen LogP contribution in [0.2, 0.25) is 0 Å². The summed E-state index contributed by atoms with van der Waals surface area (Å²) in [5.41, 5.74) is 1.07. The first-order valence-corrected chi connectivity index (χ1v) is 10.4. The Hall–Kier alpha value is -1.86. The van der Waals surface area contributed by atoms with Crippen molar-refractivity contribution in [3.63, 3.8) is 0 Å². The summed E-state index contributed by atoms with van der Waals surface area (Å²) in [4.78, 5) is 23.5. The Balaban J connectivity index is 2.40. The summed E-state index contributed by atoms with van der Waals surface area (Å²) < 4.78 is 9.73. The highest BCUT2D eigenvalue weighted by atomic mass is 16.6. The predicted molar refractivity (Wildman–Crippen MR) is 109 cm³/mol. The lowest BCUT2D eigenvalue weighted by Crippen LogP contribution is -2.33.